The first kappa shape index (κ1) is 26.6. The van der Waals surface area contributed by atoms with Crippen molar-refractivity contribution in [2.45, 2.75) is 89.0 Å². The minimum absolute atomic E-state index is 0.0322. The summed E-state index contributed by atoms with van der Waals surface area (Å²) in [6.07, 6.45) is 5.95. The molecule has 3 N–H and O–H groups in total. The number of nitrogens with zero attached hydrogens (tertiary/aromatic N) is 1. The molecule has 0 aromatic heterocycles. The molecule has 3 aliphatic heterocycles. The number of carbonyl (C=O) groups is 3. The van der Waals surface area contributed by atoms with E-state index < -0.39 is 29.1 Å². The van der Waals surface area contributed by atoms with Crippen molar-refractivity contribution in [1.29, 1.82) is 0 Å². The van der Waals surface area contributed by atoms with Crippen molar-refractivity contribution in [2.75, 3.05) is 19.7 Å². The second-order valence-corrected chi connectivity index (χ2v) is 10.5. The number of aliphatic hydroxyl groups is 1. The lowest BCUT2D eigenvalue weighted by Crippen LogP contribution is -2.55. The monoisotopic (exact) mass is 499 g/mol. The summed E-state index contributed by atoms with van der Waals surface area (Å²) < 4.78 is 6.74. The maximum atomic E-state index is 13.9. The summed E-state index contributed by atoms with van der Waals surface area (Å²) >= 11 is 0. The quantitative estimate of drug-likeness (QED) is 0.362. The first-order valence-electron chi connectivity index (χ1n) is 13.6. The van der Waals surface area contributed by atoms with Gasteiger partial charge in [0.15, 0.2) is 0 Å². The van der Waals surface area contributed by atoms with Crippen LogP contribution < -0.4 is 10.6 Å². The third-order valence-corrected chi connectivity index (χ3v) is 8.41. The Bertz CT molecular complexity index is 940. The van der Waals surface area contributed by atoms with E-state index in [1.54, 1.807) is 4.90 Å². The van der Waals surface area contributed by atoms with Crippen LogP contribution in [0.5, 0.6) is 0 Å². The van der Waals surface area contributed by atoms with E-state index in [2.05, 4.69) is 17.6 Å². The van der Waals surface area contributed by atoms with Gasteiger partial charge in [-0.3, -0.25) is 14.4 Å². The van der Waals surface area contributed by atoms with Crippen molar-refractivity contribution in [2.24, 2.45) is 11.8 Å². The molecule has 36 heavy (non-hydrogen) atoms. The topological polar surface area (TPSA) is 108 Å². The van der Waals surface area contributed by atoms with Crippen LogP contribution in [0.15, 0.2) is 30.3 Å². The lowest BCUT2D eigenvalue weighted by Gasteiger charge is -2.34. The Morgan fingerprint density at radius 2 is 1.83 bits per heavy atom. The normalized spacial score (nSPS) is 30.5. The van der Waals surface area contributed by atoms with Gasteiger partial charge in [-0.05, 0) is 44.1 Å². The summed E-state index contributed by atoms with van der Waals surface area (Å²) in [7, 11) is 0. The number of ether oxygens (including phenoxy) is 1. The fraction of sp³-hybridized carbons (Fsp3) is 0.679. The molecule has 4 rings (SSSR count). The lowest BCUT2D eigenvalue weighted by atomic mass is 9.65. The molecule has 8 nitrogen and oxygen atoms in total. The second-order valence-electron chi connectivity index (χ2n) is 10.5. The minimum atomic E-state index is -0.990. The summed E-state index contributed by atoms with van der Waals surface area (Å²) in [5.74, 6) is -1.85. The average Bonchev–Trinajstić information content (AvgIpc) is 3.49. The summed E-state index contributed by atoms with van der Waals surface area (Å²) in [6, 6.07) is 8.95. The summed E-state index contributed by atoms with van der Waals surface area (Å²) in [4.78, 5) is 42.8. The van der Waals surface area contributed by atoms with Crippen LogP contribution in [0, 0.1) is 11.8 Å². The highest BCUT2D eigenvalue weighted by atomic mass is 16.5. The predicted octanol–water partition coefficient (Wildman–Crippen LogP) is 2.54. The van der Waals surface area contributed by atoms with E-state index in [0.717, 1.165) is 24.8 Å². The molecule has 0 saturated carbocycles. The summed E-state index contributed by atoms with van der Waals surface area (Å²) in [5, 5.41) is 15.4. The number of benzene rings is 1. The van der Waals surface area contributed by atoms with Gasteiger partial charge in [-0.1, -0.05) is 57.0 Å². The molecule has 198 valence electrons. The Kier molecular flexibility index (Phi) is 8.35. The van der Waals surface area contributed by atoms with Gasteiger partial charge in [-0.2, -0.15) is 0 Å². The van der Waals surface area contributed by atoms with Gasteiger partial charge >= 0.3 is 0 Å². The third kappa shape index (κ3) is 4.65. The Balaban J connectivity index is 1.60. The number of hydrogen-bond donors (Lipinski definition) is 3. The molecule has 1 aromatic carbocycles. The van der Waals surface area contributed by atoms with Gasteiger partial charge in [-0.15, -0.1) is 0 Å². The smallest absolute Gasteiger partial charge is 0.245 e. The van der Waals surface area contributed by atoms with E-state index in [0.29, 0.717) is 51.7 Å². The van der Waals surface area contributed by atoms with Crippen LogP contribution >= 0.6 is 0 Å². The summed E-state index contributed by atoms with van der Waals surface area (Å²) in [6.45, 7) is 5.45. The number of hydrogen-bond acceptors (Lipinski definition) is 5. The Labute approximate surface area is 214 Å². The molecular weight excluding hydrogens is 458 g/mol. The zero-order valence-corrected chi connectivity index (χ0v) is 21.6. The molecule has 1 aromatic rings. The standard InChI is InChI=1S/C28H41N3O5/c1-3-5-9-16-29-25(34)23-28-15-14-27(4-2,36-28)21(22(28)26(35)31(23)17-10-11-18-32)24(33)30-19-20-12-7-6-8-13-20/h6-8,12-13,21-23,32H,3-5,9-11,14-19H2,1-2H3,(H,29,34)(H,30,33)/t21-,22+,23?,27+,28?/m1/s1. The zero-order chi connectivity index (χ0) is 25.8. The van der Waals surface area contributed by atoms with Gasteiger partial charge in [0.2, 0.25) is 17.7 Å². The van der Waals surface area contributed by atoms with Crippen LogP contribution in [0.4, 0.5) is 0 Å². The number of amides is 3. The molecule has 3 heterocycles. The molecule has 0 aliphatic carbocycles. The molecule has 8 heteroatoms. The van der Waals surface area contributed by atoms with E-state index >= 15 is 0 Å². The van der Waals surface area contributed by atoms with Crippen LogP contribution in [0.25, 0.3) is 0 Å². The van der Waals surface area contributed by atoms with Gasteiger partial charge < -0.3 is 25.4 Å². The van der Waals surface area contributed by atoms with Crippen molar-refractivity contribution in [3.63, 3.8) is 0 Å². The van der Waals surface area contributed by atoms with Crippen LogP contribution in [0.3, 0.4) is 0 Å². The first-order valence-corrected chi connectivity index (χ1v) is 13.6. The maximum absolute atomic E-state index is 13.9. The number of fused-ring (bicyclic) bond motifs is 1. The molecule has 2 unspecified atom stereocenters. The second kappa shape index (κ2) is 11.3. The van der Waals surface area contributed by atoms with Gasteiger partial charge in [0, 0.05) is 26.2 Å². The van der Waals surface area contributed by atoms with Gasteiger partial charge in [0.1, 0.15) is 11.6 Å². The molecule has 1 spiro atoms. The lowest BCUT2D eigenvalue weighted by molar-refractivity contribution is -0.147. The summed E-state index contributed by atoms with van der Waals surface area (Å²) in [5.41, 5.74) is -0.738. The number of aliphatic hydroxyl groups excluding tert-OH is 1. The van der Waals surface area contributed by atoms with Crippen molar-refractivity contribution in [3.8, 4) is 0 Å². The van der Waals surface area contributed by atoms with Gasteiger partial charge in [-0.25, -0.2) is 0 Å². The fourth-order valence-electron chi connectivity index (χ4n) is 6.63. The van der Waals surface area contributed by atoms with E-state index in [4.69, 9.17) is 4.74 Å². The van der Waals surface area contributed by atoms with Crippen LogP contribution in [0.1, 0.15) is 70.8 Å². The number of rotatable bonds is 13. The number of unbranched alkanes of at least 4 members (excludes halogenated alkanes) is 3. The Hall–Kier alpha value is -2.45. The molecule has 2 bridgehead atoms. The van der Waals surface area contributed by atoms with E-state index in [-0.39, 0.29) is 24.3 Å². The molecule has 0 radical (unpaired) electrons. The molecule has 3 amide bonds. The predicted molar refractivity (Wildman–Crippen MR) is 136 cm³/mol. The SMILES string of the molecule is CCCCCNC(=O)C1N(CCCCO)C(=O)[C@@H]2[C@H](C(=O)NCc3ccccc3)[C@]3(CC)CCC12O3. The molecule has 5 atom stereocenters. The first-order chi connectivity index (χ1) is 17.4. The van der Waals surface area contributed by atoms with Gasteiger partial charge in [0.25, 0.3) is 0 Å². The zero-order valence-electron chi connectivity index (χ0n) is 21.6. The minimum Gasteiger partial charge on any atom is -0.396 e. The fourth-order valence-corrected chi connectivity index (χ4v) is 6.63. The third-order valence-electron chi connectivity index (χ3n) is 8.41. The number of likely N-dealkylation sites (tertiary alicyclic amines) is 1. The van der Waals surface area contributed by atoms with Crippen LogP contribution in [0.2, 0.25) is 0 Å². The maximum Gasteiger partial charge on any atom is 0.245 e. The molecule has 3 fully saturated rings. The Morgan fingerprint density at radius 3 is 2.53 bits per heavy atom. The van der Waals surface area contributed by atoms with Crippen LogP contribution in [-0.2, 0) is 25.7 Å². The highest BCUT2D eigenvalue weighted by Crippen LogP contribution is 2.64. The van der Waals surface area contributed by atoms with Crippen molar-refractivity contribution in [1.82, 2.24) is 15.5 Å². The van der Waals surface area contributed by atoms with Crippen molar-refractivity contribution >= 4 is 17.7 Å². The highest BCUT2D eigenvalue weighted by Gasteiger charge is 2.78. The largest absolute Gasteiger partial charge is 0.396 e. The Morgan fingerprint density at radius 1 is 1.06 bits per heavy atom. The van der Waals surface area contributed by atoms with Crippen LogP contribution in [-0.4, -0.2) is 64.7 Å². The highest BCUT2D eigenvalue weighted by molar-refractivity contribution is 5.99. The molecule has 3 aliphatic rings. The average molecular weight is 500 g/mol. The van der Waals surface area contributed by atoms with Gasteiger partial charge in [0.05, 0.1) is 17.4 Å². The van der Waals surface area contributed by atoms with E-state index in [9.17, 15) is 19.5 Å². The molecular formula is C28H41N3O5. The van der Waals surface area contributed by atoms with Crippen molar-refractivity contribution < 1.29 is 24.2 Å². The van der Waals surface area contributed by atoms with E-state index in [1.807, 2.05) is 37.3 Å². The van der Waals surface area contributed by atoms with Crippen molar-refractivity contribution in [3.05, 3.63) is 35.9 Å². The van der Waals surface area contributed by atoms with E-state index in [1.165, 1.54) is 0 Å². The number of carbonyl (C=O) groups excluding carboxylic acids is 3. The molecule has 3 saturated heterocycles. The number of nitrogens with one attached hydrogen (secondary N) is 2.